The standard InChI is InChI=1S/C27H24N2O7S/c1-4-35-26(34)24-14(3)28-27(37-24)29-21(15-5-8-18(30)9-6-15)20(23(32)25(29)33)22(31)16-7-10-19-17(12-16)11-13(2)36-19/h5-10,12-13,21,30-31H,4,11H2,1-3H3. The summed E-state index contributed by atoms with van der Waals surface area (Å²) in [5.41, 5.74) is 1.98. The van der Waals surface area contributed by atoms with Gasteiger partial charge in [0, 0.05) is 12.0 Å². The number of phenols is 1. The van der Waals surface area contributed by atoms with Crippen LogP contribution < -0.4 is 9.64 Å². The monoisotopic (exact) mass is 520 g/mol. The summed E-state index contributed by atoms with van der Waals surface area (Å²) < 4.78 is 10.8. The smallest absolute Gasteiger partial charge is 0.350 e. The van der Waals surface area contributed by atoms with Crippen LogP contribution in [0.4, 0.5) is 5.13 Å². The number of esters is 1. The largest absolute Gasteiger partial charge is 0.508 e. The third-order valence-electron chi connectivity index (χ3n) is 6.27. The predicted molar refractivity (Wildman–Crippen MR) is 136 cm³/mol. The molecule has 3 heterocycles. The lowest BCUT2D eigenvalue weighted by Crippen LogP contribution is -2.29. The Morgan fingerprint density at radius 2 is 1.95 bits per heavy atom. The Morgan fingerprint density at radius 1 is 1.22 bits per heavy atom. The van der Waals surface area contributed by atoms with Gasteiger partial charge in [-0.25, -0.2) is 9.78 Å². The molecule has 37 heavy (non-hydrogen) atoms. The lowest BCUT2D eigenvalue weighted by atomic mass is 9.94. The van der Waals surface area contributed by atoms with Gasteiger partial charge >= 0.3 is 11.9 Å². The number of aromatic nitrogens is 1. The summed E-state index contributed by atoms with van der Waals surface area (Å²) in [6, 6.07) is 10.1. The molecule has 0 radical (unpaired) electrons. The third kappa shape index (κ3) is 4.23. The Bertz CT molecular complexity index is 1460. The molecule has 5 rings (SSSR count). The van der Waals surface area contributed by atoms with Crippen LogP contribution >= 0.6 is 11.3 Å². The van der Waals surface area contributed by atoms with Crippen LogP contribution in [0.1, 0.15) is 51.9 Å². The predicted octanol–water partition coefficient (Wildman–Crippen LogP) is 4.28. The van der Waals surface area contributed by atoms with Crippen molar-refractivity contribution in [3.63, 3.8) is 0 Å². The zero-order chi connectivity index (χ0) is 26.4. The highest BCUT2D eigenvalue weighted by Crippen LogP contribution is 2.44. The molecule has 0 saturated carbocycles. The quantitative estimate of drug-likeness (QED) is 0.221. The van der Waals surface area contributed by atoms with Crippen molar-refractivity contribution in [2.75, 3.05) is 11.5 Å². The first-order chi connectivity index (χ1) is 17.7. The van der Waals surface area contributed by atoms with Crippen molar-refractivity contribution in [1.29, 1.82) is 0 Å². The number of phenolic OH excluding ortho intramolecular Hbond substituents is 1. The first kappa shape index (κ1) is 24.5. The van der Waals surface area contributed by atoms with Crippen LogP contribution in [0.25, 0.3) is 5.76 Å². The molecule has 2 aliphatic heterocycles. The highest BCUT2D eigenvalue weighted by molar-refractivity contribution is 7.17. The van der Waals surface area contributed by atoms with Crippen LogP contribution in [-0.2, 0) is 20.7 Å². The van der Waals surface area contributed by atoms with Crippen molar-refractivity contribution in [3.8, 4) is 11.5 Å². The zero-order valence-corrected chi connectivity index (χ0v) is 21.2. The summed E-state index contributed by atoms with van der Waals surface area (Å²) in [4.78, 5) is 44.9. The van der Waals surface area contributed by atoms with Crippen LogP contribution in [0.3, 0.4) is 0 Å². The average Bonchev–Trinajstić information content (AvgIpc) is 3.51. The highest BCUT2D eigenvalue weighted by atomic mass is 32.1. The zero-order valence-electron chi connectivity index (χ0n) is 20.3. The maximum absolute atomic E-state index is 13.4. The molecule has 2 aliphatic rings. The number of ether oxygens (including phenoxy) is 2. The number of hydrogen-bond donors (Lipinski definition) is 2. The summed E-state index contributed by atoms with van der Waals surface area (Å²) in [6.45, 7) is 5.42. The van der Waals surface area contributed by atoms with Gasteiger partial charge in [-0.1, -0.05) is 23.5 Å². The molecule has 2 atom stereocenters. The number of amides is 1. The minimum Gasteiger partial charge on any atom is -0.508 e. The number of nitrogens with zero attached hydrogens (tertiary/aromatic N) is 2. The molecule has 1 fully saturated rings. The number of benzene rings is 2. The van der Waals surface area contributed by atoms with E-state index in [1.54, 1.807) is 44.2 Å². The second-order valence-electron chi connectivity index (χ2n) is 8.85. The second kappa shape index (κ2) is 9.36. The molecule has 1 amide bonds. The Kier molecular flexibility index (Phi) is 6.20. The van der Waals surface area contributed by atoms with Crippen LogP contribution in [0, 0.1) is 6.92 Å². The van der Waals surface area contributed by atoms with Crippen LogP contribution in [0.2, 0.25) is 0 Å². The SMILES string of the molecule is CCOC(=O)c1sc(N2C(=O)C(=O)C(=C(O)c3ccc4c(c3)CC(C)O4)C2c2ccc(O)cc2)nc1C. The number of anilines is 1. The number of aryl methyl sites for hydroxylation is 1. The topological polar surface area (TPSA) is 126 Å². The average molecular weight is 521 g/mol. The van der Waals surface area contributed by atoms with E-state index in [1.165, 1.54) is 17.0 Å². The van der Waals surface area contributed by atoms with Crippen molar-refractivity contribution < 1.29 is 34.1 Å². The number of rotatable bonds is 5. The summed E-state index contributed by atoms with van der Waals surface area (Å²) >= 11 is 0.935. The van der Waals surface area contributed by atoms with E-state index >= 15 is 0 Å². The van der Waals surface area contributed by atoms with Crippen molar-refractivity contribution in [1.82, 2.24) is 4.98 Å². The van der Waals surface area contributed by atoms with Gasteiger partial charge in [-0.05, 0) is 62.2 Å². The van der Waals surface area contributed by atoms with Gasteiger partial charge in [0.2, 0.25) is 0 Å². The number of carbonyl (C=O) groups is 3. The summed E-state index contributed by atoms with van der Waals surface area (Å²) in [6.07, 6.45) is 0.651. The minimum atomic E-state index is -1.04. The van der Waals surface area contributed by atoms with E-state index in [0.29, 0.717) is 29.0 Å². The minimum absolute atomic E-state index is 0.00290. The van der Waals surface area contributed by atoms with Gasteiger partial charge in [-0.2, -0.15) is 0 Å². The highest BCUT2D eigenvalue weighted by Gasteiger charge is 2.48. The first-order valence-electron chi connectivity index (χ1n) is 11.7. The summed E-state index contributed by atoms with van der Waals surface area (Å²) in [7, 11) is 0. The molecule has 2 N–H and O–H groups in total. The van der Waals surface area contributed by atoms with Crippen LogP contribution in [0.15, 0.2) is 48.0 Å². The molecule has 2 unspecified atom stereocenters. The lowest BCUT2D eigenvalue weighted by molar-refractivity contribution is -0.132. The summed E-state index contributed by atoms with van der Waals surface area (Å²) in [5.74, 6) is -1.96. The van der Waals surface area contributed by atoms with Gasteiger partial charge in [0.1, 0.15) is 28.2 Å². The number of aliphatic hydroxyl groups excluding tert-OH is 1. The fourth-order valence-electron chi connectivity index (χ4n) is 4.60. The van der Waals surface area contributed by atoms with E-state index in [-0.39, 0.29) is 39.8 Å². The van der Waals surface area contributed by atoms with Crippen molar-refractivity contribution >= 4 is 39.9 Å². The van der Waals surface area contributed by atoms with Gasteiger partial charge in [-0.15, -0.1) is 0 Å². The molecule has 2 aromatic carbocycles. The number of carbonyl (C=O) groups excluding carboxylic acids is 3. The van der Waals surface area contributed by atoms with E-state index in [1.807, 2.05) is 6.92 Å². The number of hydrogen-bond acceptors (Lipinski definition) is 9. The van der Waals surface area contributed by atoms with Crippen LogP contribution in [0.5, 0.6) is 11.5 Å². The van der Waals surface area contributed by atoms with Crippen molar-refractivity contribution in [2.45, 2.75) is 39.3 Å². The van der Waals surface area contributed by atoms with Gasteiger partial charge in [0.15, 0.2) is 5.13 Å². The number of aromatic hydroxyl groups is 1. The van der Waals surface area contributed by atoms with E-state index in [4.69, 9.17) is 9.47 Å². The second-order valence-corrected chi connectivity index (χ2v) is 9.82. The fourth-order valence-corrected chi connectivity index (χ4v) is 5.59. The van der Waals surface area contributed by atoms with Gasteiger partial charge < -0.3 is 19.7 Å². The van der Waals surface area contributed by atoms with Crippen molar-refractivity contribution in [2.24, 2.45) is 0 Å². The third-order valence-corrected chi connectivity index (χ3v) is 7.41. The maximum Gasteiger partial charge on any atom is 0.350 e. The first-order valence-corrected chi connectivity index (χ1v) is 12.6. The molecule has 0 aliphatic carbocycles. The molecular formula is C27H24N2O7S. The molecule has 190 valence electrons. The Morgan fingerprint density at radius 3 is 2.65 bits per heavy atom. The molecular weight excluding hydrogens is 496 g/mol. The Labute approximate surface area is 216 Å². The maximum atomic E-state index is 13.4. The van der Waals surface area contributed by atoms with Gasteiger partial charge in [-0.3, -0.25) is 14.5 Å². The van der Waals surface area contributed by atoms with E-state index in [2.05, 4.69) is 4.98 Å². The normalized spacial score (nSPS) is 20.1. The molecule has 1 saturated heterocycles. The molecule has 0 spiro atoms. The van der Waals surface area contributed by atoms with Gasteiger partial charge in [0.05, 0.1) is 23.9 Å². The number of Topliss-reactive ketones (excluding diaryl/α,β-unsaturated/α-hetero) is 1. The van der Waals surface area contributed by atoms with E-state index < -0.39 is 23.7 Å². The lowest BCUT2D eigenvalue weighted by Gasteiger charge is -2.23. The molecule has 0 bridgehead atoms. The number of ketones is 1. The molecule has 1 aromatic heterocycles. The fraction of sp³-hybridized carbons (Fsp3) is 0.259. The molecule has 9 nitrogen and oxygen atoms in total. The van der Waals surface area contributed by atoms with Crippen LogP contribution in [-0.4, -0.2) is 45.6 Å². The summed E-state index contributed by atoms with van der Waals surface area (Å²) in [5, 5.41) is 21.3. The molecule has 3 aromatic rings. The number of fused-ring (bicyclic) bond motifs is 1. The number of aliphatic hydroxyl groups is 1. The number of thiazole rings is 1. The Balaban J connectivity index is 1.66. The van der Waals surface area contributed by atoms with Gasteiger partial charge in [0.25, 0.3) is 5.78 Å². The Hall–Kier alpha value is -4.18. The van der Waals surface area contributed by atoms with E-state index in [0.717, 1.165) is 16.9 Å². The van der Waals surface area contributed by atoms with Crippen molar-refractivity contribution in [3.05, 3.63) is 75.3 Å². The van der Waals surface area contributed by atoms with E-state index in [9.17, 15) is 24.6 Å². The molecule has 10 heteroatoms.